The molecule has 2 heteroatoms. The van der Waals surface area contributed by atoms with Crippen molar-refractivity contribution in [2.45, 2.75) is 0 Å². The van der Waals surface area contributed by atoms with Crippen molar-refractivity contribution >= 4 is 39.7 Å². The van der Waals surface area contributed by atoms with Gasteiger partial charge in [-0.2, -0.15) is 0 Å². The number of anilines is 3. The Bertz CT molecular complexity index is 1240. The summed E-state index contributed by atoms with van der Waals surface area (Å²) < 4.78 is 1.25. The van der Waals surface area contributed by atoms with E-state index in [4.69, 9.17) is 0 Å². The Morgan fingerprint density at radius 2 is 0.656 bits per heavy atom. The van der Waals surface area contributed by atoms with Crippen LogP contribution in [0.1, 0.15) is 0 Å². The van der Waals surface area contributed by atoms with E-state index in [0.717, 1.165) is 17.1 Å². The Balaban J connectivity index is 1.44. The van der Waals surface area contributed by atoms with Crippen LogP contribution in [-0.4, -0.2) is 0 Å². The standard InChI is InChI=1S/C30H22IN/c31-27-19-15-25(16-20-27)23-11-13-24(14-12-23)26-17-21-30(22-18-26)32(28-7-3-1-4-8-28)29-9-5-2-6-10-29/h1-22H. The molecular formula is C30H22IN. The van der Waals surface area contributed by atoms with E-state index >= 15 is 0 Å². The van der Waals surface area contributed by atoms with Gasteiger partial charge in [-0.15, -0.1) is 0 Å². The predicted octanol–water partition coefficient (Wildman–Crippen LogP) is 9.09. The highest BCUT2D eigenvalue weighted by molar-refractivity contribution is 14.1. The van der Waals surface area contributed by atoms with Crippen molar-refractivity contribution in [3.8, 4) is 22.3 Å². The second-order valence-corrected chi connectivity index (χ2v) is 8.88. The number of hydrogen-bond donors (Lipinski definition) is 0. The maximum atomic E-state index is 2.34. The molecule has 0 saturated carbocycles. The lowest BCUT2D eigenvalue weighted by Crippen LogP contribution is -2.09. The van der Waals surface area contributed by atoms with Gasteiger partial charge < -0.3 is 4.90 Å². The molecule has 0 saturated heterocycles. The first-order chi connectivity index (χ1) is 15.8. The van der Waals surface area contributed by atoms with Crippen LogP contribution in [0.15, 0.2) is 133 Å². The van der Waals surface area contributed by atoms with Crippen LogP contribution in [-0.2, 0) is 0 Å². The van der Waals surface area contributed by atoms with Crippen LogP contribution in [0.3, 0.4) is 0 Å². The molecule has 0 aliphatic carbocycles. The van der Waals surface area contributed by atoms with Crippen LogP contribution in [0, 0.1) is 3.57 Å². The van der Waals surface area contributed by atoms with E-state index < -0.39 is 0 Å². The molecule has 0 bridgehead atoms. The second-order valence-electron chi connectivity index (χ2n) is 7.64. The largest absolute Gasteiger partial charge is 0.311 e. The predicted molar refractivity (Wildman–Crippen MR) is 145 cm³/mol. The van der Waals surface area contributed by atoms with Crippen LogP contribution in [0.25, 0.3) is 22.3 Å². The van der Waals surface area contributed by atoms with Crippen molar-refractivity contribution in [3.63, 3.8) is 0 Å². The lowest BCUT2D eigenvalue weighted by molar-refractivity contribution is 1.28. The normalized spacial score (nSPS) is 10.7. The molecule has 0 unspecified atom stereocenters. The molecule has 32 heavy (non-hydrogen) atoms. The lowest BCUT2D eigenvalue weighted by Gasteiger charge is -2.25. The first kappa shape index (κ1) is 20.5. The summed E-state index contributed by atoms with van der Waals surface area (Å²) in [5.74, 6) is 0. The van der Waals surface area contributed by atoms with Gasteiger partial charge in [0, 0.05) is 20.6 Å². The molecule has 0 atom stereocenters. The molecule has 5 aromatic carbocycles. The molecule has 5 aromatic rings. The van der Waals surface area contributed by atoms with Crippen LogP contribution >= 0.6 is 22.6 Å². The van der Waals surface area contributed by atoms with Gasteiger partial charge in [-0.25, -0.2) is 0 Å². The van der Waals surface area contributed by atoms with Crippen LogP contribution in [0.4, 0.5) is 17.1 Å². The fourth-order valence-corrected chi connectivity index (χ4v) is 4.26. The minimum atomic E-state index is 1.14. The number of hydrogen-bond acceptors (Lipinski definition) is 1. The van der Waals surface area contributed by atoms with E-state index in [2.05, 4.69) is 161 Å². The molecule has 154 valence electrons. The highest BCUT2D eigenvalue weighted by Crippen LogP contribution is 2.35. The van der Waals surface area contributed by atoms with Crippen molar-refractivity contribution < 1.29 is 0 Å². The quantitative estimate of drug-likeness (QED) is 0.208. The minimum absolute atomic E-state index is 1.14. The average Bonchev–Trinajstić information content (AvgIpc) is 2.87. The summed E-state index contributed by atoms with van der Waals surface area (Å²) in [5.41, 5.74) is 8.35. The van der Waals surface area contributed by atoms with Gasteiger partial charge in [0.1, 0.15) is 0 Å². The summed E-state index contributed by atoms with van der Waals surface area (Å²) in [6, 6.07) is 47.2. The first-order valence-corrected chi connectivity index (χ1v) is 11.7. The maximum absolute atomic E-state index is 2.34. The van der Waals surface area contributed by atoms with Gasteiger partial charge in [0.2, 0.25) is 0 Å². The first-order valence-electron chi connectivity index (χ1n) is 10.6. The molecule has 1 nitrogen and oxygen atoms in total. The summed E-state index contributed by atoms with van der Waals surface area (Å²) in [6.45, 7) is 0. The van der Waals surface area contributed by atoms with Crippen molar-refractivity contribution in [1.82, 2.24) is 0 Å². The van der Waals surface area contributed by atoms with E-state index in [1.807, 2.05) is 0 Å². The number of benzene rings is 5. The van der Waals surface area contributed by atoms with Gasteiger partial charge in [-0.05, 0) is 93.4 Å². The lowest BCUT2D eigenvalue weighted by atomic mass is 10.00. The average molecular weight is 523 g/mol. The zero-order valence-corrected chi connectivity index (χ0v) is 19.7. The highest BCUT2D eigenvalue weighted by Gasteiger charge is 2.11. The molecule has 0 N–H and O–H groups in total. The molecule has 0 heterocycles. The van der Waals surface area contributed by atoms with E-state index in [-0.39, 0.29) is 0 Å². The summed E-state index contributed by atoms with van der Waals surface area (Å²) in [4.78, 5) is 2.28. The third-order valence-corrected chi connectivity index (χ3v) is 6.27. The Hall–Kier alpha value is -3.37. The summed E-state index contributed by atoms with van der Waals surface area (Å²) >= 11 is 2.34. The Kier molecular flexibility index (Phi) is 6.04. The highest BCUT2D eigenvalue weighted by atomic mass is 127. The van der Waals surface area contributed by atoms with Crippen molar-refractivity contribution in [3.05, 3.63) is 137 Å². The minimum Gasteiger partial charge on any atom is -0.311 e. The SMILES string of the molecule is Ic1ccc(-c2ccc(-c3ccc(N(c4ccccc4)c4ccccc4)cc3)cc2)cc1. The summed E-state index contributed by atoms with van der Waals surface area (Å²) in [7, 11) is 0. The van der Waals surface area contributed by atoms with E-state index in [1.165, 1.54) is 25.8 Å². The Morgan fingerprint density at radius 1 is 0.344 bits per heavy atom. The third-order valence-electron chi connectivity index (χ3n) is 5.55. The van der Waals surface area contributed by atoms with Crippen molar-refractivity contribution in [2.24, 2.45) is 0 Å². The topological polar surface area (TPSA) is 3.24 Å². The number of halogens is 1. The third kappa shape index (κ3) is 4.46. The van der Waals surface area contributed by atoms with Crippen LogP contribution in [0.5, 0.6) is 0 Å². The summed E-state index contributed by atoms with van der Waals surface area (Å²) in [6.07, 6.45) is 0. The van der Waals surface area contributed by atoms with Gasteiger partial charge in [0.15, 0.2) is 0 Å². The van der Waals surface area contributed by atoms with E-state index in [1.54, 1.807) is 0 Å². The molecule has 0 aliphatic rings. The van der Waals surface area contributed by atoms with Gasteiger partial charge in [0.05, 0.1) is 0 Å². The number of para-hydroxylation sites is 2. The zero-order chi connectivity index (χ0) is 21.8. The monoisotopic (exact) mass is 523 g/mol. The van der Waals surface area contributed by atoms with Gasteiger partial charge in [0.25, 0.3) is 0 Å². The molecule has 0 fully saturated rings. The van der Waals surface area contributed by atoms with E-state index in [9.17, 15) is 0 Å². The molecule has 0 spiro atoms. The van der Waals surface area contributed by atoms with E-state index in [0.29, 0.717) is 0 Å². The number of rotatable bonds is 5. The molecular weight excluding hydrogens is 501 g/mol. The second kappa shape index (κ2) is 9.41. The number of nitrogens with zero attached hydrogens (tertiary/aromatic N) is 1. The fourth-order valence-electron chi connectivity index (χ4n) is 3.90. The maximum Gasteiger partial charge on any atom is 0.0462 e. The molecule has 0 aromatic heterocycles. The van der Waals surface area contributed by atoms with Crippen molar-refractivity contribution in [1.29, 1.82) is 0 Å². The van der Waals surface area contributed by atoms with Gasteiger partial charge in [-0.1, -0.05) is 84.9 Å². The Morgan fingerprint density at radius 3 is 1.06 bits per heavy atom. The molecule has 0 amide bonds. The molecule has 0 aliphatic heterocycles. The molecule has 0 radical (unpaired) electrons. The zero-order valence-electron chi connectivity index (χ0n) is 17.5. The smallest absolute Gasteiger partial charge is 0.0462 e. The van der Waals surface area contributed by atoms with Crippen LogP contribution in [0.2, 0.25) is 0 Å². The fraction of sp³-hybridized carbons (Fsp3) is 0. The van der Waals surface area contributed by atoms with Gasteiger partial charge in [-0.3, -0.25) is 0 Å². The van der Waals surface area contributed by atoms with Gasteiger partial charge >= 0.3 is 0 Å². The van der Waals surface area contributed by atoms with Crippen LogP contribution < -0.4 is 4.90 Å². The van der Waals surface area contributed by atoms with Crippen molar-refractivity contribution in [2.75, 3.05) is 4.90 Å². The Labute approximate surface area is 203 Å². The summed E-state index contributed by atoms with van der Waals surface area (Å²) in [5, 5.41) is 0. The molecule has 5 rings (SSSR count).